The molecule has 0 aromatic carbocycles. The first kappa shape index (κ1) is 12.3. The molecular weight excluding hydrogens is 236 g/mol. The fraction of sp³-hybridized carbons (Fsp3) is 0.667. The van der Waals surface area contributed by atoms with E-state index in [4.69, 9.17) is 11.6 Å². The van der Waals surface area contributed by atoms with Gasteiger partial charge in [0.25, 0.3) is 0 Å². The van der Waals surface area contributed by atoms with Gasteiger partial charge in [-0.2, -0.15) is 11.8 Å². The van der Waals surface area contributed by atoms with E-state index in [1.807, 2.05) is 11.8 Å². The third kappa shape index (κ3) is 4.64. The smallest absolute Gasteiger partial charge is 0.113 e. The quantitative estimate of drug-likeness (QED) is 0.786. The van der Waals surface area contributed by atoms with Crippen molar-refractivity contribution in [1.82, 2.24) is 10.3 Å². The monoisotopic (exact) mass is 250 g/mol. The summed E-state index contributed by atoms with van der Waals surface area (Å²) in [4.78, 5) is 4.17. The molecule has 1 aromatic rings. The van der Waals surface area contributed by atoms with Crippen molar-refractivity contribution in [2.24, 2.45) is 0 Å². The first-order valence-corrected chi connectivity index (χ1v) is 7.04. The standard InChI is InChI=1S/C9H15ClN2S2/c1-7(13-2)3-4-11-6-9-12-5-8(10)14-9/h5,7,11H,3-4,6H2,1-2H3. The minimum absolute atomic E-state index is 0.724. The van der Waals surface area contributed by atoms with Gasteiger partial charge in [0.2, 0.25) is 0 Å². The van der Waals surface area contributed by atoms with Crippen LogP contribution in [0.4, 0.5) is 0 Å². The number of thiazole rings is 1. The van der Waals surface area contributed by atoms with Crippen molar-refractivity contribution in [2.75, 3.05) is 12.8 Å². The number of nitrogens with one attached hydrogen (secondary N) is 1. The summed E-state index contributed by atoms with van der Waals surface area (Å²) in [5.41, 5.74) is 0. The molecule has 0 aliphatic carbocycles. The lowest BCUT2D eigenvalue weighted by molar-refractivity contribution is 0.646. The van der Waals surface area contributed by atoms with Gasteiger partial charge in [-0.15, -0.1) is 11.3 Å². The maximum absolute atomic E-state index is 5.77. The predicted molar refractivity (Wildman–Crippen MR) is 66.4 cm³/mol. The van der Waals surface area contributed by atoms with E-state index < -0.39 is 0 Å². The number of rotatable bonds is 6. The van der Waals surface area contributed by atoms with Crippen molar-refractivity contribution >= 4 is 34.7 Å². The zero-order valence-electron chi connectivity index (χ0n) is 8.42. The molecule has 0 saturated heterocycles. The van der Waals surface area contributed by atoms with Crippen LogP contribution in [0.3, 0.4) is 0 Å². The minimum Gasteiger partial charge on any atom is -0.310 e. The Balaban J connectivity index is 2.10. The Labute approximate surface area is 98.5 Å². The summed E-state index contributed by atoms with van der Waals surface area (Å²) in [6.45, 7) is 4.12. The molecule has 2 nitrogen and oxygen atoms in total. The molecule has 14 heavy (non-hydrogen) atoms. The van der Waals surface area contributed by atoms with Gasteiger partial charge in [-0.1, -0.05) is 18.5 Å². The normalized spacial score (nSPS) is 13.1. The molecule has 0 aliphatic rings. The molecule has 1 unspecified atom stereocenters. The van der Waals surface area contributed by atoms with Crippen LogP contribution in [0, 0.1) is 0 Å². The summed E-state index contributed by atoms with van der Waals surface area (Å²) < 4.78 is 0.763. The summed E-state index contributed by atoms with van der Waals surface area (Å²) in [6.07, 6.45) is 5.04. The predicted octanol–water partition coefficient (Wildman–Crippen LogP) is 3.03. The zero-order valence-corrected chi connectivity index (χ0v) is 10.8. The molecule has 0 radical (unpaired) electrons. The van der Waals surface area contributed by atoms with Crippen LogP contribution < -0.4 is 5.32 Å². The van der Waals surface area contributed by atoms with E-state index in [1.54, 1.807) is 6.20 Å². The highest BCUT2D eigenvalue weighted by atomic mass is 35.5. The van der Waals surface area contributed by atoms with Crippen molar-refractivity contribution in [3.8, 4) is 0 Å². The number of aromatic nitrogens is 1. The van der Waals surface area contributed by atoms with Crippen LogP contribution in [-0.2, 0) is 6.54 Å². The molecule has 80 valence electrons. The van der Waals surface area contributed by atoms with E-state index in [1.165, 1.54) is 17.8 Å². The van der Waals surface area contributed by atoms with Gasteiger partial charge in [0.05, 0.1) is 6.20 Å². The molecule has 1 aromatic heterocycles. The second kappa shape index (κ2) is 6.67. The highest BCUT2D eigenvalue weighted by molar-refractivity contribution is 7.99. The summed E-state index contributed by atoms with van der Waals surface area (Å²) in [7, 11) is 0. The second-order valence-electron chi connectivity index (χ2n) is 3.07. The van der Waals surface area contributed by atoms with Gasteiger partial charge in [0.1, 0.15) is 9.34 Å². The average Bonchev–Trinajstić information content (AvgIpc) is 2.58. The first-order chi connectivity index (χ1) is 6.72. The molecule has 0 spiro atoms. The Hall–Kier alpha value is 0.230. The summed E-state index contributed by atoms with van der Waals surface area (Å²) in [5, 5.41) is 5.14. The van der Waals surface area contributed by atoms with E-state index in [0.717, 1.165) is 27.7 Å². The van der Waals surface area contributed by atoms with Crippen LogP contribution in [0.15, 0.2) is 6.20 Å². The van der Waals surface area contributed by atoms with Crippen molar-refractivity contribution in [3.05, 3.63) is 15.5 Å². The fourth-order valence-corrected chi connectivity index (χ4v) is 2.27. The number of nitrogens with zero attached hydrogens (tertiary/aromatic N) is 1. The molecule has 1 atom stereocenters. The number of hydrogen-bond donors (Lipinski definition) is 1. The molecule has 1 N–H and O–H groups in total. The van der Waals surface area contributed by atoms with E-state index in [9.17, 15) is 0 Å². The molecule has 0 saturated carbocycles. The number of hydrogen-bond acceptors (Lipinski definition) is 4. The molecule has 1 heterocycles. The van der Waals surface area contributed by atoms with Crippen molar-refractivity contribution < 1.29 is 0 Å². The number of halogens is 1. The zero-order chi connectivity index (χ0) is 10.4. The lowest BCUT2D eigenvalue weighted by atomic mass is 10.3. The van der Waals surface area contributed by atoms with E-state index in [2.05, 4.69) is 23.5 Å². The summed E-state index contributed by atoms with van der Waals surface area (Å²) >= 11 is 9.21. The second-order valence-corrected chi connectivity index (χ2v) is 6.09. The molecule has 0 aliphatic heterocycles. The van der Waals surface area contributed by atoms with Crippen LogP contribution >= 0.6 is 34.7 Å². The third-order valence-electron chi connectivity index (χ3n) is 1.93. The van der Waals surface area contributed by atoms with E-state index in [-0.39, 0.29) is 0 Å². The maximum Gasteiger partial charge on any atom is 0.113 e. The van der Waals surface area contributed by atoms with Gasteiger partial charge >= 0.3 is 0 Å². The fourth-order valence-electron chi connectivity index (χ4n) is 0.988. The molecule has 0 fully saturated rings. The van der Waals surface area contributed by atoms with Gasteiger partial charge in [-0.05, 0) is 19.2 Å². The minimum atomic E-state index is 0.724. The van der Waals surface area contributed by atoms with Crippen LogP contribution in [0.2, 0.25) is 4.34 Å². The van der Waals surface area contributed by atoms with Crippen molar-refractivity contribution in [1.29, 1.82) is 0 Å². The topological polar surface area (TPSA) is 24.9 Å². The van der Waals surface area contributed by atoms with Crippen LogP contribution in [-0.4, -0.2) is 23.0 Å². The Kier molecular flexibility index (Phi) is 5.86. The lowest BCUT2D eigenvalue weighted by Crippen LogP contribution is -2.17. The van der Waals surface area contributed by atoms with E-state index >= 15 is 0 Å². The van der Waals surface area contributed by atoms with Gasteiger partial charge in [-0.3, -0.25) is 0 Å². The van der Waals surface area contributed by atoms with Gasteiger partial charge in [0, 0.05) is 11.8 Å². The van der Waals surface area contributed by atoms with Crippen molar-refractivity contribution in [2.45, 2.75) is 25.1 Å². The van der Waals surface area contributed by atoms with Gasteiger partial charge in [0.15, 0.2) is 0 Å². The molecule has 0 amide bonds. The summed E-state index contributed by atoms with van der Waals surface area (Å²) in [6, 6.07) is 0. The third-order valence-corrected chi connectivity index (χ3v) is 4.09. The average molecular weight is 251 g/mol. The summed E-state index contributed by atoms with van der Waals surface area (Å²) in [5.74, 6) is 0. The molecule has 5 heteroatoms. The van der Waals surface area contributed by atoms with Crippen molar-refractivity contribution in [3.63, 3.8) is 0 Å². The maximum atomic E-state index is 5.77. The van der Waals surface area contributed by atoms with Crippen LogP contribution in [0.5, 0.6) is 0 Å². The van der Waals surface area contributed by atoms with Gasteiger partial charge in [-0.25, -0.2) is 4.98 Å². The Morgan fingerprint density at radius 3 is 3.07 bits per heavy atom. The largest absolute Gasteiger partial charge is 0.310 e. The lowest BCUT2D eigenvalue weighted by Gasteiger charge is -2.07. The van der Waals surface area contributed by atoms with Crippen LogP contribution in [0.25, 0.3) is 0 Å². The first-order valence-electron chi connectivity index (χ1n) is 4.56. The molecular formula is C9H15ClN2S2. The van der Waals surface area contributed by atoms with Crippen LogP contribution in [0.1, 0.15) is 18.4 Å². The Morgan fingerprint density at radius 2 is 2.50 bits per heavy atom. The van der Waals surface area contributed by atoms with Gasteiger partial charge < -0.3 is 5.32 Å². The van der Waals surface area contributed by atoms with E-state index in [0.29, 0.717) is 0 Å². The molecule has 1 rings (SSSR count). The Bertz CT molecular complexity index is 265. The highest BCUT2D eigenvalue weighted by Gasteiger charge is 2.00. The highest BCUT2D eigenvalue weighted by Crippen LogP contribution is 2.17. The SMILES string of the molecule is CSC(C)CCNCc1ncc(Cl)s1. The number of thioether (sulfide) groups is 1. The molecule has 0 bridgehead atoms. The Morgan fingerprint density at radius 1 is 1.71 bits per heavy atom.